The molecule has 120 valence electrons. The number of nitrogens with one attached hydrogen (secondary N) is 1. The fourth-order valence-corrected chi connectivity index (χ4v) is 3.39. The third kappa shape index (κ3) is 4.78. The van der Waals surface area contributed by atoms with Gasteiger partial charge in [-0.1, -0.05) is 6.92 Å². The molecule has 0 atom stereocenters. The van der Waals surface area contributed by atoms with Crippen molar-refractivity contribution in [3.05, 3.63) is 32.2 Å². The molecular formula is C15H23N5S2. The van der Waals surface area contributed by atoms with E-state index in [1.54, 1.807) is 22.7 Å². The highest BCUT2D eigenvalue weighted by molar-refractivity contribution is 7.11. The van der Waals surface area contributed by atoms with Crippen LogP contribution in [0.25, 0.3) is 0 Å². The maximum atomic E-state index is 4.69. The zero-order valence-corrected chi connectivity index (χ0v) is 15.2. The van der Waals surface area contributed by atoms with Crippen LogP contribution in [0, 0.1) is 6.92 Å². The first-order chi connectivity index (χ1) is 10.6. The molecule has 0 aliphatic heterocycles. The van der Waals surface area contributed by atoms with Gasteiger partial charge in [-0.2, -0.15) is 0 Å². The molecule has 2 aromatic rings. The fraction of sp³-hybridized carbons (Fsp3) is 0.533. The van der Waals surface area contributed by atoms with Crippen LogP contribution < -0.4 is 5.32 Å². The van der Waals surface area contributed by atoms with Crippen LogP contribution in [0.4, 0.5) is 0 Å². The summed E-state index contributed by atoms with van der Waals surface area (Å²) < 4.78 is 0. The molecule has 7 heteroatoms. The van der Waals surface area contributed by atoms with Gasteiger partial charge in [-0.25, -0.2) is 15.0 Å². The monoisotopic (exact) mass is 337 g/mol. The Morgan fingerprint density at radius 2 is 2.23 bits per heavy atom. The molecule has 0 saturated heterocycles. The van der Waals surface area contributed by atoms with E-state index >= 15 is 0 Å². The van der Waals surface area contributed by atoms with E-state index in [1.807, 2.05) is 20.2 Å². The molecule has 0 aromatic carbocycles. The highest BCUT2D eigenvalue weighted by Gasteiger charge is 2.09. The van der Waals surface area contributed by atoms with Crippen LogP contribution in [0.3, 0.4) is 0 Å². The molecule has 2 heterocycles. The van der Waals surface area contributed by atoms with E-state index in [-0.39, 0.29) is 0 Å². The minimum atomic E-state index is 0.618. The van der Waals surface area contributed by atoms with Crippen molar-refractivity contribution in [2.45, 2.75) is 40.3 Å². The average molecular weight is 338 g/mol. The van der Waals surface area contributed by atoms with Gasteiger partial charge in [0.15, 0.2) is 5.96 Å². The molecule has 2 aromatic heterocycles. The fourth-order valence-electron chi connectivity index (χ4n) is 2.00. The van der Waals surface area contributed by atoms with E-state index in [2.05, 4.69) is 44.4 Å². The second-order valence-corrected chi connectivity index (χ2v) is 7.22. The van der Waals surface area contributed by atoms with Gasteiger partial charge in [-0.15, -0.1) is 22.7 Å². The van der Waals surface area contributed by atoms with Gasteiger partial charge in [0.2, 0.25) is 0 Å². The molecule has 0 unspecified atom stereocenters. The summed E-state index contributed by atoms with van der Waals surface area (Å²) in [7, 11) is 2.04. The van der Waals surface area contributed by atoms with Crippen molar-refractivity contribution in [1.82, 2.24) is 20.2 Å². The van der Waals surface area contributed by atoms with E-state index in [1.165, 1.54) is 4.88 Å². The summed E-state index contributed by atoms with van der Waals surface area (Å²) in [6, 6.07) is 0. The Morgan fingerprint density at radius 1 is 1.41 bits per heavy atom. The van der Waals surface area contributed by atoms with Crippen LogP contribution in [0.2, 0.25) is 0 Å². The topological polar surface area (TPSA) is 53.4 Å². The van der Waals surface area contributed by atoms with Crippen molar-refractivity contribution in [3.8, 4) is 0 Å². The third-order valence-electron chi connectivity index (χ3n) is 3.08. The number of hydrogen-bond donors (Lipinski definition) is 1. The number of hydrogen-bond acceptors (Lipinski definition) is 5. The number of aromatic nitrogens is 2. The summed E-state index contributed by atoms with van der Waals surface area (Å²) in [6.45, 7) is 8.48. The number of guanidine groups is 1. The van der Waals surface area contributed by atoms with Gasteiger partial charge in [0.05, 0.1) is 23.8 Å². The van der Waals surface area contributed by atoms with E-state index in [9.17, 15) is 0 Å². The maximum absolute atomic E-state index is 4.69. The lowest BCUT2D eigenvalue weighted by Crippen LogP contribution is -2.38. The van der Waals surface area contributed by atoms with Crippen molar-refractivity contribution in [2.24, 2.45) is 4.99 Å². The minimum Gasteiger partial charge on any atom is -0.357 e. The van der Waals surface area contributed by atoms with Gasteiger partial charge >= 0.3 is 0 Å². The molecule has 0 aliphatic rings. The van der Waals surface area contributed by atoms with Crippen molar-refractivity contribution < 1.29 is 0 Å². The largest absolute Gasteiger partial charge is 0.357 e. The van der Waals surface area contributed by atoms with Crippen LogP contribution in [0.5, 0.6) is 0 Å². The average Bonchev–Trinajstić information content (AvgIpc) is 3.12. The lowest BCUT2D eigenvalue weighted by molar-refractivity contribution is 0.470. The molecule has 0 spiro atoms. The molecule has 22 heavy (non-hydrogen) atoms. The molecular weight excluding hydrogens is 314 g/mol. The highest BCUT2D eigenvalue weighted by atomic mass is 32.1. The van der Waals surface area contributed by atoms with E-state index in [0.717, 1.165) is 41.2 Å². The molecule has 0 aliphatic carbocycles. The smallest absolute Gasteiger partial charge is 0.194 e. The first-order valence-corrected chi connectivity index (χ1v) is 9.16. The zero-order chi connectivity index (χ0) is 15.9. The summed E-state index contributed by atoms with van der Waals surface area (Å²) in [6.07, 6.45) is 2.98. The Morgan fingerprint density at radius 3 is 2.82 bits per heavy atom. The van der Waals surface area contributed by atoms with Crippen molar-refractivity contribution in [1.29, 1.82) is 0 Å². The van der Waals surface area contributed by atoms with Crippen molar-refractivity contribution in [2.75, 3.05) is 13.6 Å². The first kappa shape index (κ1) is 16.9. The Labute approximate surface area is 140 Å². The molecule has 0 radical (unpaired) electrons. The van der Waals surface area contributed by atoms with Gasteiger partial charge in [-0.3, -0.25) is 0 Å². The number of aliphatic imine (C=N–C) groups is 1. The lowest BCUT2D eigenvalue weighted by Gasteiger charge is -2.20. The molecule has 5 nitrogen and oxygen atoms in total. The zero-order valence-electron chi connectivity index (χ0n) is 13.6. The van der Waals surface area contributed by atoms with Crippen LogP contribution in [-0.4, -0.2) is 34.4 Å². The Bertz CT molecular complexity index is 617. The summed E-state index contributed by atoms with van der Waals surface area (Å²) in [5, 5.41) is 7.59. The molecule has 2 rings (SSSR count). The summed E-state index contributed by atoms with van der Waals surface area (Å²) in [5.74, 6) is 0.890. The number of aryl methyl sites for hydroxylation is 2. The number of nitrogens with zero attached hydrogens (tertiary/aromatic N) is 4. The predicted octanol–water partition coefficient (Wildman–Crippen LogP) is 3.07. The summed E-state index contributed by atoms with van der Waals surface area (Å²) in [5.41, 5.74) is 1.08. The second kappa shape index (κ2) is 8.24. The van der Waals surface area contributed by atoms with E-state index in [0.29, 0.717) is 6.54 Å². The molecule has 1 N–H and O–H groups in total. The lowest BCUT2D eigenvalue weighted by atomic mass is 10.4. The standard InChI is InChI=1S/C15H23N5S2/c1-5-13-7-17-14(22-13)8-18-15(16-6-2)20(4)9-12-10-21-11(3)19-12/h7,10H,5-6,8-9H2,1-4H3,(H,16,18). The summed E-state index contributed by atoms with van der Waals surface area (Å²) in [4.78, 5) is 17.0. The number of rotatable bonds is 6. The van der Waals surface area contributed by atoms with Gasteiger partial charge in [0.25, 0.3) is 0 Å². The molecule has 0 saturated carbocycles. The normalized spacial score (nSPS) is 11.7. The van der Waals surface area contributed by atoms with Crippen LogP contribution in [0.1, 0.15) is 34.4 Å². The van der Waals surface area contributed by atoms with Crippen molar-refractivity contribution in [3.63, 3.8) is 0 Å². The van der Waals surface area contributed by atoms with Gasteiger partial charge in [0.1, 0.15) is 5.01 Å². The van der Waals surface area contributed by atoms with Crippen LogP contribution in [0.15, 0.2) is 16.6 Å². The second-order valence-electron chi connectivity index (χ2n) is 4.96. The highest BCUT2D eigenvalue weighted by Crippen LogP contribution is 2.14. The SMILES string of the molecule is CCNC(=NCc1ncc(CC)s1)N(C)Cc1csc(C)n1. The minimum absolute atomic E-state index is 0.618. The van der Waals surface area contributed by atoms with Crippen LogP contribution >= 0.6 is 22.7 Å². The van der Waals surface area contributed by atoms with Gasteiger partial charge < -0.3 is 10.2 Å². The van der Waals surface area contributed by atoms with Crippen LogP contribution in [-0.2, 0) is 19.5 Å². The first-order valence-electron chi connectivity index (χ1n) is 7.46. The van der Waals surface area contributed by atoms with E-state index in [4.69, 9.17) is 0 Å². The quantitative estimate of drug-likeness (QED) is 0.650. The van der Waals surface area contributed by atoms with Gasteiger partial charge in [0, 0.05) is 30.0 Å². The predicted molar refractivity (Wildman–Crippen MR) is 94.6 cm³/mol. The number of thiazole rings is 2. The maximum Gasteiger partial charge on any atom is 0.194 e. The van der Waals surface area contributed by atoms with Crippen molar-refractivity contribution >= 4 is 28.6 Å². The Hall–Kier alpha value is -1.47. The molecule has 0 fully saturated rings. The summed E-state index contributed by atoms with van der Waals surface area (Å²) >= 11 is 3.42. The Kier molecular flexibility index (Phi) is 6.33. The third-order valence-corrected chi connectivity index (χ3v) is 5.02. The Balaban J connectivity index is 2.02. The molecule has 0 amide bonds. The van der Waals surface area contributed by atoms with E-state index < -0.39 is 0 Å². The van der Waals surface area contributed by atoms with Gasteiger partial charge in [-0.05, 0) is 20.3 Å². The molecule has 0 bridgehead atoms.